The van der Waals surface area contributed by atoms with Gasteiger partial charge in [0, 0.05) is 26.7 Å². The Morgan fingerprint density at radius 1 is 1.25 bits per heavy atom. The highest BCUT2D eigenvalue weighted by molar-refractivity contribution is 14.0. The van der Waals surface area contributed by atoms with Crippen LogP contribution in [0.3, 0.4) is 0 Å². The molecule has 2 fully saturated rings. The SMILES string of the molecule is CN=C(NCCC(F)(F)F)N1CCS(=O)(=O)C2(CCCCC2)C1.I. The summed E-state index contributed by atoms with van der Waals surface area (Å²) in [6.07, 6.45) is -1.10. The molecule has 0 aromatic heterocycles. The molecule has 5 nitrogen and oxygen atoms in total. The van der Waals surface area contributed by atoms with Crippen LogP contribution in [0.25, 0.3) is 0 Å². The largest absolute Gasteiger partial charge is 0.390 e. The second kappa shape index (κ2) is 8.41. The molecule has 0 radical (unpaired) electrons. The van der Waals surface area contributed by atoms with Crippen molar-refractivity contribution in [3.05, 3.63) is 0 Å². The van der Waals surface area contributed by atoms with Crippen molar-refractivity contribution in [1.82, 2.24) is 10.2 Å². The molecule has 24 heavy (non-hydrogen) atoms. The molecule has 1 N–H and O–H groups in total. The van der Waals surface area contributed by atoms with E-state index in [1.54, 1.807) is 4.90 Å². The van der Waals surface area contributed by atoms with Crippen LogP contribution >= 0.6 is 24.0 Å². The lowest BCUT2D eigenvalue weighted by Gasteiger charge is -2.45. The fourth-order valence-corrected chi connectivity index (χ4v) is 5.62. The third kappa shape index (κ3) is 5.12. The summed E-state index contributed by atoms with van der Waals surface area (Å²) in [5.74, 6) is 0.390. The number of guanidine groups is 1. The molecule has 1 saturated heterocycles. The number of halogens is 4. The molecular weight excluding hydrogens is 458 g/mol. The van der Waals surface area contributed by atoms with Crippen LogP contribution in [-0.4, -0.2) is 62.6 Å². The summed E-state index contributed by atoms with van der Waals surface area (Å²) in [7, 11) is -1.66. The summed E-state index contributed by atoms with van der Waals surface area (Å²) >= 11 is 0. The molecule has 1 spiro atoms. The molecule has 0 unspecified atom stereocenters. The lowest BCUT2D eigenvalue weighted by Crippen LogP contribution is -2.60. The maximum Gasteiger partial charge on any atom is 0.390 e. The van der Waals surface area contributed by atoms with Crippen molar-refractivity contribution in [2.45, 2.75) is 49.4 Å². The summed E-state index contributed by atoms with van der Waals surface area (Å²) in [6, 6.07) is 0. The molecule has 0 amide bonds. The molecule has 2 aliphatic rings. The number of hydrogen-bond donors (Lipinski definition) is 1. The number of nitrogens with zero attached hydrogens (tertiary/aromatic N) is 2. The lowest BCUT2D eigenvalue weighted by molar-refractivity contribution is -0.132. The van der Waals surface area contributed by atoms with Gasteiger partial charge in [-0.15, -0.1) is 24.0 Å². The fourth-order valence-electron chi connectivity index (χ4n) is 3.47. The van der Waals surface area contributed by atoms with Crippen LogP contribution in [-0.2, 0) is 9.84 Å². The van der Waals surface area contributed by atoms with E-state index in [9.17, 15) is 21.6 Å². The van der Waals surface area contributed by atoms with Crippen molar-refractivity contribution >= 4 is 39.8 Å². The average Bonchev–Trinajstić information content (AvgIpc) is 2.47. The predicted molar refractivity (Wildman–Crippen MR) is 98.6 cm³/mol. The number of hydrogen-bond acceptors (Lipinski definition) is 3. The van der Waals surface area contributed by atoms with Crippen molar-refractivity contribution in [3.8, 4) is 0 Å². The van der Waals surface area contributed by atoms with Gasteiger partial charge in [0.25, 0.3) is 0 Å². The number of aliphatic imine (C=N–C) groups is 1. The lowest BCUT2D eigenvalue weighted by atomic mass is 9.87. The molecule has 0 aromatic rings. The van der Waals surface area contributed by atoms with Crippen molar-refractivity contribution < 1.29 is 21.6 Å². The number of sulfone groups is 1. The highest BCUT2D eigenvalue weighted by Gasteiger charge is 2.48. The maximum atomic E-state index is 12.5. The Hall–Kier alpha value is -0.260. The van der Waals surface area contributed by atoms with Crippen LogP contribution in [0.1, 0.15) is 38.5 Å². The molecule has 0 aromatic carbocycles. The Labute approximate surface area is 158 Å². The first-order valence-corrected chi connectivity index (χ1v) is 9.59. The number of rotatable bonds is 2. The summed E-state index contributed by atoms with van der Waals surface area (Å²) in [6.45, 7) is 0.337. The van der Waals surface area contributed by atoms with Crippen LogP contribution in [0.15, 0.2) is 4.99 Å². The smallest absolute Gasteiger partial charge is 0.356 e. The monoisotopic (exact) mass is 483 g/mol. The van der Waals surface area contributed by atoms with E-state index < -0.39 is 27.2 Å². The van der Waals surface area contributed by atoms with Crippen LogP contribution < -0.4 is 5.32 Å². The van der Waals surface area contributed by atoms with Crippen molar-refractivity contribution in [3.63, 3.8) is 0 Å². The first-order valence-electron chi connectivity index (χ1n) is 7.94. The van der Waals surface area contributed by atoms with E-state index in [1.165, 1.54) is 7.05 Å². The van der Waals surface area contributed by atoms with Crippen LogP contribution in [0.5, 0.6) is 0 Å². The van der Waals surface area contributed by atoms with Gasteiger partial charge in [-0.2, -0.15) is 13.2 Å². The second-order valence-electron chi connectivity index (χ2n) is 6.32. The van der Waals surface area contributed by atoms with Crippen LogP contribution in [0, 0.1) is 0 Å². The number of nitrogens with one attached hydrogen (secondary N) is 1. The minimum absolute atomic E-state index is 0. The molecule has 1 heterocycles. The summed E-state index contributed by atoms with van der Waals surface area (Å²) in [5.41, 5.74) is 0. The van der Waals surface area contributed by atoms with Gasteiger partial charge in [0.15, 0.2) is 15.8 Å². The summed E-state index contributed by atoms with van der Waals surface area (Å²) in [5, 5.41) is 2.71. The van der Waals surface area contributed by atoms with Gasteiger partial charge in [-0.1, -0.05) is 19.3 Å². The zero-order valence-electron chi connectivity index (χ0n) is 13.7. The molecule has 10 heteroatoms. The van der Waals surface area contributed by atoms with E-state index in [1.807, 2.05) is 0 Å². The Kier molecular flexibility index (Phi) is 7.64. The Morgan fingerprint density at radius 3 is 2.42 bits per heavy atom. The fraction of sp³-hybridized carbons (Fsp3) is 0.929. The van der Waals surface area contributed by atoms with Gasteiger partial charge < -0.3 is 10.2 Å². The summed E-state index contributed by atoms with van der Waals surface area (Å²) in [4.78, 5) is 5.82. The van der Waals surface area contributed by atoms with E-state index in [2.05, 4.69) is 10.3 Å². The van der Waals surface area contributed by atoms with Crippen molar-refractivity contribution in [1.29, 1.82) is 0 Å². The highest BCUT2D eigenvalue weighted by Crippen LogP contribution is 2.38. The minimum atomic E-state index is -4.22. The predicted octanol–water partition coefficient (Wildman–Crippen LogP) is 2.57. The third-order valence-electron chi connectivity index (χ3n) is 4.74. The molecule has 0 bridgehead atoms. The van der Waals surface area contributed by atoms with E-state index in [0.717, 1.165) is 19.3 Å². The van der Waals surface area contributed by atoms with Gasteiger partial charge in [-0.25, -0.2) is 8.42 Å². The molecule has 142 valence electrons. The van der Waals surface area contributed by atoms with Gasteiger partial charge in [-0.05, 0) is 12.8 Å². The van der Waals surface area contributed by atoms with Gasteiger partial charge in [0.05, 0.1) is 16.9 Å². The molecule has 1 aliphatic heterocycles. The number of alkyl halides is 3. The molecule has 0 atom stereocenters. The zero-order valence-corrected chi connectivity index (χ0v) is 16.9. The van der Waals surface area contributed by atoms with Gasteiger partial charge in [-0.3, -0.25) is 4.99 Å². The quantitative estimate of drug-likeness (QED) is 0.373. The minimum Gasteiger partial charge on any atom is -0.356 e. The normalized spacial score (nSPS) is 23.7. The molecule has 1 aliphatic carbocycles. The highest BCUT2D eigenvalue weighted by atomic mass is 127. The first-order chi connectivity index (χ1) is 10.7. The molecular formula is C14H25F3IN3O2S. The van der Waals surface area contributed by atoms with Crippen molar-refractivity contribution in [2.24, 2.45) is 4.99 Å². The summed E-state index contributed by atoms with van der Waals surface area (Å²) < 4.78 is 61.1. The van der Waals surface area contributed by atoms with Gasteiger partial charge >= 0.3 is 6.18 Å². The topological polar surface area (TPSA) is 61.8 Å². The van der Waals surface area contributed by atoms with Crippen molar-refractivity contribution in [2.75, 3.05) is 32.4 Å². The molecule has 1 saturated carbocycles. The first kappa shape index (κ1) is 21.8. The zero-order chi connectivity index (χ0) is 17.1. The maximum absolute atomic E-state index is 12.5. The van der Waals surface area contributed by atoms with Gasteiger partial charge in [0.2, 0.25) is 0 Å². The Morgan fingerprint density at radius 2 is 1.88 bits per heavy atom. The Balaban J connectivity index is 0.00000288. The van der Waals surface area contributed by atoms with Crippen LogP contribution in [0.4, 0.5) is 13.2 Å². The molecule has 2 rings (SSSR count). The van der Waals surface area contributed by atoms with Gasteiger partial charge in [0.1, 0.15) is 0 Å². The average molecular weight is 483 g/mol. The van der Waals surface area contributed by atoms with E-state index in [0.29, 0.717) is 25.3 Å². The van der Waals surface area contributed by atoms with E-state index in [4.69, 9.17) is 0 Å². The standard InChI is InChI=1S/C14H24F3N3O2S.HI/c1-18-12(19-8-7-14(15,16)17)20-9-10-23(21,22)13(11-20)5-3-2-4-6-13;/h2-11H2,1H3,(H,18,19);1H. The van der Waals surface area contributed by atoms with E-state index in [-0.39, 0.29) is 42.8 Å². The van der Waals surface area contributed by atoms with Crippen LogP contribution in [0.2, 0.25) is 0 Å². The van der Waals surface area contributed by atoms with E-state index >= 15 is 0 Å². The Bertz CT molecular complexity index is 546. The third-order valence-corrected chi connectivity index (χ3v) is 7.31. The second-order valence-corrected chi connectivity index (χ2v) is 8.83.